The highest BCUT2D eigenvalue weighted by atomic mass is 19.4. The molecule has 0 spiro atoms. The Morgan fingerprint density at radius 2 is 2.10 bits per heavy atom. The van der Waals surface area contributed by atoms with Crippen molar-refractivity contribution in [3.8, 4) is 0 Å². The molecule has 112 valence electrons. The molecule has 0 radical (unpaired) electrons. The van der Waals surface area contributed by atoms with Crippen LogP contribution in [-0.4, -0.2) is 19.1 Å². The van der Waals surface area contributed by atoms with Crippen LogP contribution in [0.4, 0.5) is 23.2 Å². The number of anilines is 1. The highest BCUT2D eigenvalue weighted by molar-refractivity contribution is 5.47. The monoisotopic (exact) mass is 290 g/mol. The summed E-state index contributed by atoms with van der Waals surface area (Å²) in [6.45, 7) is 3.75. The van der Waals surface area contributed by atoms with Crippen LogP contribution in [0, 0.1) is 11.7 Å². The molecule has 0 aromatic heterocycles. The van der Waals surface area contributed by atoms with Crippen LogP contribution in [-0.2, 0) is 6.18 Å². The van der Waals surface area contributed by atoms with Gasteiger partial charge in [-0.2, -0.15) is 13.2 Å². The van der Waals surface area contributed by atoms with Gasteiger partial charge in [-0.3, -0.25) is 0 Å². The van der Waals surface area contributed by atoms with Gasteiger partial charge in [0.05, 0.1) is 11.3 Å². The molecule has 1 aliphatic heterocycles. The number of alkyl halides is 3. The largest absolute Gasteiger partial charge is 0.416 e. The molecule has 0 aliphatic carbocycles. The average molecular weight is 290 g/mol. The van der Waals surface area contributed by atoms with Crippen molar-refractivity contribution >= 4 is 5.69 Å². The Kier molecular flexibility index (Phi) is 4.52. The van der Waals surface area contributed by atoms with Crippen LogP contribution in [0.3, 0.4) is 0 Å². The molecule has 1 aromatic carbocycles. The minimum absolute atomic E-state index is 0.00837. The molecule has 1 heterocycles. The predicted octanol–water partition coefficient (Wildman–Crippen LogP) is 3.64. The van der Waals surface area contributed by atoms with Gasteiger partial charge in [0.1, 0.15) is 5.82 Å². The third-order valence-corrected chi connectivity index (χ3v) is 3.72. The molecule has 2 nitrogen and oxygen atoms in total. The van der Waals surface area contributed by atoms with Crippen molar-refractivity contribution in [1.82, 2.24) is 5.32 Å². The summed E-state index contributed by atoms with van der Waals surface area (Å²) >= 11 is 0. The van der Waals surface area contributed by atoms with Crippen LogP contribution in [0.1, 0.15) is 25.3 Å². The molecule has 0 saturated carbocycles. The Morgan fingerprint density at radius 3 is 2.65 bits per heavy atom. The first kappa shape index (κ1) is 15.1. The predicted molar refractivity (Wildman–Crippen MR) is 70.1 cm³/mol. The average Bonchev–Trinajstić information content (AvgIpc) is 2.41. The standard InChI is InChI=1S/C14H18F4N2/c1-9(10-3-2-6-19-8-10)20-13-5-4-11(7-12(13)15)14(16,17)18/h4-5,7,9-10,19-20H,2-3,6,8H2,1H3. The molecular weight excluding hydrogens is 272 g/mol. The van der Waals surface area contributed by atoms with Crippen LogP contribution >= 0.6 is 0 Å². The van der Waals surface area contributed by atoms with E-state index in [-0.39, 0.29) is 11.7 Å². The van der Waals surface area contributed by atoms with E-state index in [0.717, 1.165) is 38.1 Å². The Bertz CT molecular complexity index is 453. The third kappa shape index (κ3) is 3.62. The van der Waals surface area contributed by atoms with Crippen LogP contribution in [0.5, 0.6) is 0 Å². The molecule has 6 heteroatoms. The fourth-order valence-corrected chi connectivity index (χ4v) is 2.48. The van der Waals surface area contributed by atoms with Crippen LogP contribution < -0.4 is 10.6 Å². The maximum Gasteiger partial charge on any atom is 0.416 e. The summed E-state index contributed by atoms with van der Waals surface area (Å²) in [4.78, 5) is 0. The van der Waals surface area contributed by atoms with Crippen LogP contribution in [0.2, 0.25) is 0 Å². The summed E-state index contributed by atoms with van der Waals surface area (Å²) < 4.78 is 51.1. The van der Waals surface area contributed by atoms with Gasteiger partial charge in [0, 0.05) is 6.04 Å². The number of hydrogen-bond acceptors (Lipinski definition) is 2. The normalized spacial score (nSPS) is 21.6. The second-order valence-corrected chi connectivity index (χ2v) is 5.23. The van der Waals surface area contributed by atoms with Gasteiger partial charge in [-0.05, 0) is 57.0 Å². The zero-order valence-corrected chi connectivity index (χ0v) is 11.2. The number of piperidine rings is 1. The maximum absolute atomic E-state index is 13.7. The van der Waals surface area contributed by atoms with Gasteiger partial charge in [-0.1, -0.05) is 0 Å². The van der Waals surface area contributed by atoms with Gasteiger partial charge in [0.15, 0.2) is 0 Å². The summed E-state index contributed by atoms with van der Waals surface area (Å²) in [5, 5.41) is 6.24. The molecule has 1 aromatic rings. The van der Waals surface area contributed by atoms with Crippen LogP contribution in [0.15, 0.2) is 18.2 Å². The minimum Gasteiger partial charge on any atom is -0.380 e. The Balaban J connectivity index is 2.05. The first-order chi connectivity index (χ1) is 9.38. The number of halogens is 4. The Morgan fingerprint density at radius 1 is 1.35 bits per heavy atom. The summed E-state index contributed by atoms with van der Waals surface area (Å²) in [6.07, 6.45) is -2.42. The molecular formula is C14H18F4N2. The molecule has 1 saturated heterocycles. The zero-order chi connectivity index (χ0) is 14.8. The van der Waals surface area contributed by atoms with E-state index in [1.807, 2.05) is 6.92 Å². The lowest BCUT2D eigenvalue weighted by Gasteiger charge is -2.29. The van der Waals surface area contributed by atoms with E-state index in [1.165, 1.54) is 0 Å². The highest BCUT2D eigenvalue weighted by Crippen LogP contribution is 2.31. The van der Waals surface area contributed by atoms with E-state index in [2.05, 4.69) is 10.6 Å². The van der Waals surface area contributed by atoms with Gasteiger partial charge >= 0.3 is 6.18 Å². The molecule has 1 fully saturated rings. The van der Waals surface area contributed by atoms with Gasteiger partial charge in [0.2, 0.25) is 0 Å². The molecule has 0 bridgehead atoms. The second-order valence-electron chi connectivity index (χ2n) is 5.23. The highest BCUT2D eigenvalue weighted by Gasteiger charge is 2.31. The SMILES string of the molecule is CC(Nc1ccc(C(F)(F)F)cc1F)C1CCCNC1. The van der Waals surface area contributed by atoms with Gasteiger partial charge in [0.25, 0.3) is 0 Å². The van der Waals surface area contributed by atoms with E-state index in [4.69, 9.17) is 0 Å². The molecule has 2 rings (SSSR count). The zero-order valence-electron chi connectivity index (χ0n) is 11.2. The van der Waals surface area contributed by atoms with Crippen molar-refractivity contribution in [1.29, 1.82) is 0 Å². The first-order valence-corrected chi connectivity index (χ1v) is 6.72. The van der Waals surface area contributed by atoms with E-state index < -0.39 is 17.6 Å². The van der Waals surface area contributed by atoms with Crippen molar-refractivity contribution in [2.24, 2.45) is 5.92 Å². The van der Waals surface area contributed by atoms with E-state index in [1.54, 1.807) is 0 Å². The van der Waals surface area contributed by atoms with Gasteiger partial charge < -0.3 is 10.6 Å². The van der Waals surface area contributed by atoms with Crippen molar-refractivity contribution in [3.63, 3.8) is 0 Å². The first-order valence-electron chi connectivity index (χ1n) is 6.72. The number of nitrogens with one attached hydrogen (secondary N) is 2. The van der Waals surface area contributed by atoms with Gasteiger partial charge in [-0.15, -0.1) is 0 Å². The fraction of sp³-hybridized carbons (Fsp3) is 0.571. The fourth-order valence-electron chi connectivity index (χ4n) is 2.48. The Labute approximate surface area is 115 Å². The lowest BCUT2D eigenvalue weighted by atomic mass is 9.92. The number of rotatable bonds is 3. The molecule has 1 aliphatic rings. The van der Waals surface area contributed by atoms with Crippen molar-refractivity contribution < 1.29 is 17.6 Å². The van der Waals surface area contributed by atoms with Crippen molar-refractivity contribution in [2.75, 3.05) is 18.4 Å². The number of hydrogen-bond donors (Lipinski definition) is 2. The molecule has 2 atom stereocenters. The summed E-state index contributed by atoms with van der Waals surface area (Å²) in [5.74, 6) is -0.513. The van der Waals surface area contributed by atoms with E-state index in [0.29, 0.717) is 12.0 Å². The number of benzene rings is 1. The third-order valence-electron chi connectivity index (χ3n) is 3.72. The lowest BCUT2D eigenvalue weighted by molar-refractivity contribution is -0.137. The Hall–Kier alpha value is -1.30. The van der Waals surface area contributed by atoms with E-state index >= 15 is 0 Å². The topological polar surface area (TPSA) is 24.1 Å². The summed E-state index contributed by atoms with van der Waals surface area (Å²) in [6, 6.07) is 2.60. The summed E-state index contributed by atoms with van der Waals surface area (Å²) in [5.41, 5.74) is -0.844. The van der Waals surface area contributed by atoms with Crippen molar-refractivity contribution in [2.45, 2.75) is 32.0 Å². The second kappa shape index (κ2) is 5.99. The molecule has 20 heavy (non-hydrogen) atoms. The molecule has 2 N–H and O–H groups in total. The van der Waals surface area contributed by atoms with Crippen LogP contribution in [0.25, 0.3) is 0 Å². The van der Waals surface area contributed by atoms with Gasteiger partial charge in [-0.25, -0.2) is 4.39 Å². The smallest absolute Gasteiger partial charge is 0.380 e. The molecule has 0 amide bonds. The quantitative estimate of drug-likeness (QED) is 0.830. The lowest BCUT2D eigenvalue weighted by Crippen LogP contribution is -2.38. The van der Waals surface area contributed by atoms with Crippen molar-refractivity contribution in [3.05, 3.63) is 29.6 Å². The van der Waals surface area contributed by atoms with E-state index in [9.17, 15) is 17.6 Å². The minimum atomic E-state index is -4.52. The summed E-state index contributed by atoms with van der Waals surface area (Å²) in [7, 11) is 0. The maximum atomic E-state index is 13.7. The molecule has 2 unspecified atom stereocenters.